The molecule has 114 valence electrons. The van der Waals surface area contributed by atoms with Gasteiger partial charge in [-0.1, -0.05) is 0 Å². The Kier molecular flexibility index (Phi) is 3.36. The highest BCUT2D eigenvalue weighted by Gasteiger charge is 2.28. The van der Waals surface area contributed by atoms with E-state index in [1.807, 2.05) is 19.1 Å². The van der Waals surface area contributed by atoms with Gasteiger partial charge in [-0.25, -0.2) is 9.97 Å². The number of nitrogens with zero attached hydrogens (tertiary/aromatic N) is 5. The second-order valence-electron chi connectivity index (χ2n) is 6.19. The first kappa shape index (κ1) is 13.4. The molecule has 0 saturated carbocycles. The van der Waals surface area contributed by atoms with Gasteiger partial charge in [0.25, 0.3) is 0 Å². The number of anilines is 2. The summed E-state index contributed by atoms with van der Waals surface area (Å²) in [6.45, 7) is 4.97. The van der Waals surface area contributed by atoms with Crippen molar-refractivity contribution in [2.24, 2.45) is 5.92 Å². The average Bonchev–Trinajstić information content (AvgIpc) is 2.96. The lowest BCUT2D eigenvalue weighted by molar-refractivity contribution is 0.425. The first-order chi connectivity index (χ1) is 10.8. The second-order valence-corrected chi connectivity index (χ2v) is 6.19. The second kappa shape index (κ2) is 5.51. The molecule has 3 heterocycles. The number of hydrogen-bond acceptors (Lipinski definition) is 6. The molecule has 0 radical (unpaired) electrons. The zero-order valence-corrected chi connectivity index (χ0v) is 12.8. The van der Waals surface area contributed by atoms with Crippen LogP contribution >= 0.6 is 0 Å². The smallest absolute Gasteiger partial charge is 0.151 e. The summed E-state index contributed by atoms with van der Waals surface area (Å²) < 4.78 is 0. The van der Waals surface area contributed by atoms with E-state index in [1.165, 1.54) is 17.7 Å². The SMILES string of the molecule is Cc1ccc(N2CC(CNc3ncnc4c3CCC4)C2)nn1. The highest BCUT2D eigenvalue weighted by Crippen LogP contribution is 2.26. The molecule has 1 fully saturated rings. The van der Waals surface area contributed by atoms with E-state index in [-0.39, 0.29) is 0 Å². The molecule has 0 atom stereocenters. The first-order valence-corrected chi connectivity index (χ1v) is 7.91. The molecule has 1 saturated heterocycles. The monoisotopic (exact) mass is 296 g/mol. The molecule has 0 unspecified atom stereocenters. The highest BCUT2D eigenvalue weighted by atomic mass is 15.3. The summed E-state index contributed by atoms with van der Waals surface area (Å²) in [5, 5.41) is 11.9. The number of nitrogens with one attached hydrogen (secondary N) is 1. The van der Waals surface area contributed by atoms with E-state index in [9.17, 15) is 0 Å². The molecule has 4 rings (SSSR count). The van der Waals surface area contributed by atoms with Crippen molar-refractivity contribution in [2.45, 2.75) is 26.2 Å². The predicted molar refractivity (Wildman–Crippen MR) is 85.0 cm³/mol. The van der Waals surface area contributed by atoms with Crippen LogP contribution in [0.3, 0.4) is 0 Å². The van der Waals surface area contributed by atoms with Crippen molar-refractivity contribution >= 4 is 11.6 Å². The van der Waals surface area contributed by atoms with Gasteiger partial charge in [0.1, 0.15) is 12.1 Å². The van der Waals surface area contributed by atoms with Crippen LogP contribution in [0.1, 0.15) is 23.4 Å². The quantitative estimate of drug-likeness (QED) is 0.924. The van der Waals surface area contributed by atoms with Crippen molar-refractivity contribution < 1.29 is 0 Å². The third-order valence-corrected chi connectivity index (χ3v) is 4.50. The van der Waals surface area contributed by atoms with Gasteiger partial charge in [0.05, 0.1) is 5.69 Å². The minimum atomic E-state index is 0.634. The standard InChI is InChI=1S/C16H20N6/c1-11-5-6-15(21-20-11)22-8-12(9-22)7-17-16-13-3-2-4-14(13)18-10-19-16/h5-6,10,12H,2-4,7-9H2,1H3,(H,17,18,19). The Morgan fingerprint density at radius 1 is 1.18 bits per heavy atom. The minimum Gasteiger partial charge on any atom is -0.369 e. The number of aromatic nitrogens is 4. The van der Waals surface area contributed by atoms with Crippen molar-refractivity contribution in [3.05, 3.63) is 35.4 Å². The molecule has 22 heavy (non-hydrogen) atoms. The number of hydrogen-bond donors (Lipinski definition) is 1. The molecular weight excluding hydrogens is 276 g/mol. The molecule has 6 nitrogen and oxygen atoms in total. The van der Waals surface area contributed by atoms with Gasteiger partial charge in [0, 0.05) is 36.8 Å². The van der Waals surface area contributed by atoms with Crippen molar-refractivity contribution in [2.75, 3.05) is 29.9 Å². The lowest BCUT2D eigenvalue weighted by Crippen LogP contribution is -2.50. The Balaban J connectivity index is 1.32. The maximum atomic E-state index is 4.41. The normalized spacial score (nSPS) is 17.2. The van der Waals surface area contributed by atoms with Crippen LogP contribution in [-0.4, -0.2) is 39.8 Å². The molecule has 0 spiro atoms. The van der Waals surface area contributed by atoms with Gasteiger partial charge in [-0.05, 0) is 38.3 Å². The van der Waals surface area contributed by atoms with Crippen molar-refractivity contribution in [1.29, 1.82) is 0 Å². The maximum Gasteiger partial charge on any atom is 0.151 e. The Bertz CT molecular complexity index is 663. The van der Waals surface area contributed by atoms with Gasteiger partial charge in [0.2, 0.25) is 0 Å². The lowest BCUT2D eigenvalue weighted by Gasteiger charge is -2.40. The molecule has 1 aliphatic carbocycles. The Hall–Kier alpha value is -2.24. The summed E-state index contributed by atoms with van der Waals surface area (Å²) in [7, 11) is 0. The zero-order valence-electron chi connectivity index (χ0n) is 12.8. The number of fused-ring (bicyclic) bond motifs is 1. The third kappa shape index (κ3) is 2.49. The van der Waals surface area contributed by atoms with E-state index in [1.54, 1.807) is 6.33 Å². The summed E-state index contributed by atoms with van der Waals surface area (Å²) in [5.74, 6) is 2.65. The van der Waals surface area contributed by atoms with Crippen molar-refractivity contribution in [3.8, 4) is 0 Å². The first-order valence-electron chi connectivity index (χ1n) is 7.91. The average molecular weight is 296 g/mol. The molecule has 2 aromatic rings. The van der Waals surface area contributed by atoms with Crippen LogP contribution < -0.4 is 10.2 Å². The van der Waals surface area contributed by atoms with E-state index < -0.39 is 0 Å². The Morgan fingerprint density at radius 2 is 2.09 bits per heavy atom. The fourth-order valence-corrected chi connectivity index (χ4v) is 3.20. The van der Waals surface area contributed by atoms with Crippen molar-refractivity contribution in [3.63, 3.8) is 0 Å². The Morgan fingerprint density at radius 3 is 2.91 bits per heavy atom. The van der Waals surface area contributed by atoms with E-state index in [0.717, 1.165) is 49.8 Å². The van der Waals surface area contributed by atoms with Gasteiger partial charge in [0.15, 0.2) is 5.82 Å². The zero-order chi connectivity index (χ0) is 14.9. The van der Waals surface area contributed by atoms with Crippen LogP contribution in [-0.2, 0) is 12.8 Å². The van der Waals surface area contributed by atoms with Crippen LogP contribution in [0, 0.1) is 12.8 Å². The van der Waals surface area contributed by atoms with Gasteiger partial charge in [-0.15, -0.1) is 5.10 Å². The predicted octanol–water partition coefficient (Wildman–Crippen LogP) is 1.61. The molecule has 2 aromatic heterocycles. The van der Waals surface area contributed by atoms with E-state index in [0.29, 0.717) is 5.92 Å². The van der Waals surface area contributed by atoms with Crippen LogP contribution in [0.2, 0.25) is 0 Å². The van der Waals surface area contributed by atoms with Gasteiger partial charge < -0.3 is 10.2 Å². The lowest BCUT2D eigenvalue weighted by atomic mass is 10.00. The largest absolute Gasteiger partial charge is 0.369 e. The van der Waals surface area contributed by atoms with Crippen molar-refractivity contribution in [1.82, 2.24) is 20.2 Å². The number of aryl methyl sites for hydroxylation is 2. The topological polar surface area (TPSA) is 66.8 Å². The van der Waals surface area contributed by atoms with E-state index >= 15 is 0 Å². The summed E-state index contributed by atoms with van der Waals surface area (Å²) in [5.41, 5.74) is 3.51. The van der Waals surface area contributed by atoms with E-state index in [4.69, 9.17) is 0 Å². The third-order valence-electron chi connectivity index (χ3n) is 4.50. The highest BCUT2D eigenvalue weighted by molar-refractivity contribution is 5.48. The molecule has 6 heteroatoms. The summed E-state index contributed by atoms with van der Waals surface area (Å²) >= 11 is 0. The van der Waals surface area contributed by atoms with Gasteiger partial charge in [-0.3, -0.25) is 0 Å². The van der Waals surface area contributed by atoms with Crippen LogP contribution in [0.4, 0.5) is 11.6 Å². The van der Waals surface area contributed by atoms with Crippen LogP contribution in [0.15, 0.2) is 18.5 Å². The molecular formula is C16H20N6. The fraction of sp³-hybridized carbons (Fsp3) is 0.500. The van der Waals surface area contributed by atoms with Gasteiger partial charge >= 0.3 is 0 Å². The molecule has 0 aromatic carbocycles. The van der Waals surface area contributed by atoms with Gasteiger partial charge in [-0.2, -0.15) is 5.10 Å². The maximum absolute atomic E-state index is 4.41. The molecule has 0 bridgehead atoms. The molecule has 1 N–H and O–H groups in total. The fourth-order valence-electron chi connectivity index (χ4n) is 3.20. The van der Waals surface area contributed by atoms with Crippen LogP contribution in [0.5, 0.6) is 0 Å². The summed E-state index contributed by atoms with van der Waals surface area (Å²) in [4.78, 5) is 11.0. The molecule has 2 aliphatic rings. The summed E-state index contributed by atoms with van der Waals surface area (Å²) in [6.07, 6.45) is 5.08. The molecule has 1 aliphatic heterocycles. The van der Waals surface area contributed by atoms with Crippen LogP contribution in [0.25, 0.3) is 0 Å². The minimum absolute atomic E-state index is 0.634. The Labute approximate surface area is 130 Å². The summed E-state index contributed by atoms with van der Waals surface area (Å²) in [6, 6.07) is 4.06. The molecule has 0 amide bonds. The number of rotatable bonds is 4. The van der Waals surface area contributed by atoms with E-state index in [2.05, 4.69) is 30.4 Å².